The van der Waals surface area contributed by atoms with Crippen LogP contribution >= 0.6 is 0 Å². The van der Waals surface area contributed by atoms with E-state index in [0.717, 1.165) is 12.3 Å². The van der Waals surface area contributed by atoms with E-state index in [4.69, 9.17) is 5.11 Å². The Morgan fingerprint density at radius 1 is 1.50 bits per heavy atom. The molecule has 0 radical (unpaired) electrons. The van der Waals surface area contributed by atoms with Crippen molar-refractivity contribution in [3.63, 3.8) is 0 Å². The van der Waals surface area contributed by atoms with Gasteiger partial charge in [-0.25, -0.2) is 4.79 Å². The van der Waals surface area contributed by atoms with Crippen molar-refractivity contribution in [2.75, 3.05) is 0 Å². The molecule has 0 aromatic heterocycles. The second-order valence-electron chi connectivity index (χ2n) is 3.29. The summed E-state index contributed by atoms with van der Waals surface area (Å²) in [5.41, 5.74) is 0. The van der Waals surface area contributed by atoms with Crippen LogP contribution in [0.15, 0.2) is 0 Å². The van der Waals surface area contributed by atoms with E-state index < -0.39 is 6.09 Å². The predicted molar refractivity (Wildman–Crippen MR) is 35.8 cm³/mol. The van der Waals surface area contributed by atoms with E-state index in [-0.39, 0.29) is 6.04 Å². The number of rotatable bonds is 1. The average Bonchev–Trinajstić information content (AvgIpc) is 2.52. The molecule has 0 bridgehead atoms. The summed E-state index contributed by atoms with van der Waals surface area (Å²) < 4.78 is 0. The Labute approximate surface area is 59.4 Å². The Morgan fingerprint density at radius 2 is 2.30 bits per heavy atom. The van der Waals surface area contributed by atoms with E-state index in [1.165, 1.54) is 12.8 Å². The zero-order valence-electron chi connectivity index (χ0n) is 5.71. The molecule has 3 nitrogen and oxygen atoms in total. The summed E-state index contributed by atoms with van der Waals surface area (Å²) in [5, 5.41) is 10.9. The van der Waals surface area contributed by atoms with Gasteiger partial charge in [-0.05, 0) is 31.1 Å². The molecule has 0 aliphatic heterocycles. The molecule has 2 N–H and O–H groups in total. The Morgan fingerprint density at radius 3 is 2.70 bits per heavy atom. The fraction of sp³-hybridized carbons (Fsp3) is 0.857. The lowest BCUT2D eigenvalue weighted by atomic mass is 10.2. The van der Waals surface area contributed by atoms with Gasteiger partial charge in [0.1, 0.15) is 0 Å². The molecule has 3 heteroatoms. The zero-order valence-corrected chi connectivity index (χ0v) is 5.71. The largest absolute Gasteiger partial charge is 0.465 e. The number of carboxylic acid groups (broad SMARTS) is 1. The molecule has 10 heavy (non-hydrogen) atoms. The molecular weight excluding hydrogens is 130 g/mol. The first-order valence-electron chi connectivity index (χ1n) is 3.77. The van der Waals surface area contributed by atoms with Gasteiger partial charge < -0.3 is 10.4 Å². The molecular formula is C7H11NO2. The van der Waals surface area contributed by atoms with Gasteiger partial charge >= 0.3 is 6.09 Å². The molecule has 2 saturated carbocycles. The molecule has 1 amide bonds. The monoisotopic (exact) mass is 141 g/mol. The van der Waals surface area contributed by atoms with Crippen LogP contribution in [0.5, 0.6) is 0 Å². The number of hydrogen-bond acceptors (Lipinski definition) is 1. The fourth-order valence-corrected chi connectivity index (χ4v) is 2.04. The lowest BCUT2D eigenvalue weighted by Gasteiger charge is -2.09. The molecule has 0 heterocycles. The minimum Gasteiger partial charge on any atom is -0.465 e. The average molecular weight is 141 g/mol. The van der Waals surface area contributed by atoms with Crippen LogP contribution in [-0.4, -0.2) is 17.2 Å². The summed E-state index contributed by atoms with van der Waals surface area (Å²) in [4.78, 5) is 10.2. The van der Waals surface area contributed by atoms with Crippen molar-refractivity contribution in [3.8, 4) is 0 Å². The summed E-state index contributed by atoms with van der Waals surface area (Å²) in [6, 6.07) is 0.280. The van der Waals surface area contributed by atoms with E-state index in [1.54, 1.807) is 0 Å². The number of amides is 1. The van der Waals surface area contributed by atoms with Crippen molar-refractivity contribution in [2.24, 2.45) is 11.8 Å². The SMILES string of the molecule is O=C(O)NC1CCC2CC21. The predicted octanol–water partition coefficient (Wildman–Crippen LogP) is 1.05. The molecule has 0 aromatic rings. The van der Waals surface area contributed by atoms with Crippen molar-refractivity contribution in [1.29, 1.82) is 0 Å². The van der Waals surface area contributed by atoms with Crippen LogP contribution in [0.2, 0.25) is 0 Å². The normalized spacial score (nSPS) is 42.6. The second-order valence-corrected chi connectivity index (χ2v) is 3.29. The molecule has 2 fully saturated rings. The molecule has 0 aromatic carbocycles. The lowest BCUT2D eigenvalue weighted by Crippen LogP contribution is -2.33. The summed E-state index contributed by atoms with van der Waals surface area (Å²) in [6.07, 6.45) is 2.68. The highest BCUT2D eigenvalue weighted by molar-refractivity contribution is 5.65. The Hall–Kier alpha value is -0.730. The minimum absolute atomic E-state index is 0.280. The molecule has 0 spiro atoms. The Balaban J connectivity index is 1.88. The van der Waals surface area contributed by atoms with E-state index in [1.807, 2.05) is 0 Å². The smallest absolute Gasteiger partial charge is 0.404 e. The summed E-state index contributed by atoms with van der Waals surface area (Å²) >= 11 is 0. The van der Waals surface area contributed by atoms with Crippen molar-refractivity contribution < 1.29 is 9.90 Å². The maximum atomic E-state index is 10.2. The van der Waals surface area contributed by atoms with Gasteiger partial charge in [0, 0.05) is 6.04 Å². The maximum Gasteiger partial charge on any atom is 0.404 e. The van der Waals surface area contributed by atoms with Crippen LogP contribution in [-0.2, 0) is 0 Å². The van der Waals surface area contributed by atoms with Gasteiger partial charge in [-0.2, -0.15) is 0 Å². The third-order valence-electron chi connectivity index (χ3n) is 2.65. The summed E-state index contributed by atoms with van der Waals surface area (Å²) in [6.45, 7) is 0. The van der Waals surface area contributed by atoms with Crippen LogP contribution in [0.25, 0.3) is 0 Å². The quantitative estimate of drug-likeness (QED) is 0.573. The van der Waals surface area contributed by atoms with E-state index in [2.05, 4.69) is 5.32 Å². The van der Waals surface area contributed by atoms with Gasteiger partial charge in [-0.3, -0.25) is 0 Å². The fourth-order valence-electron chi connectivity index (χ4n) is 2.04. The molecule has 0 saturated heterocycles. The molecule has 3 unspecified atom stereocenters. The molecule has 2 aliphatic rings. The van der Waals surface area contributed by atoms with E-state index in [9.17, 15) is 4.79 Å². The molecule has 2 rings (SSSR count). The number of carbonyl (C=O) groups is 1. The number of fused-ring (bicyclic) bond motifs is 1. The first-order chi connectivity index (χ1) is 4.77. The highest BCUT2D eigenvalue weighted by Crippen LogP contribution is 2.51. The van der Waals surface area contributed by atoms with Gasteiger partial charge in [0.15, 0.2) is 0 Å². The Bertz CT molecular complexity index is 169. The standard InChI is InChI=1S/C7H11NO2/c9-7(10)8-6-2-1-4-3-5(4)6/h4-6,8H,1-3H2,(H,9,10). The first kappa shape index (κ1) is 6.01. The van der Waals surface area contributed by atoms with Gasteiger partial charge in [0.05, 0.1) is 0 Å². The van der Waals surface area contributed by atoms with Crippen molar-refractivity contribution in [3.05, 3.63) is 0 Å². The first-order valence-corrected chi connectivity index (χ1v) is 3.77. The van der Waals surface area contributed by atoms with Crippen molar-refractivity contribution in [2.45, 2.75) is 25.3 Å². The summed E-state index contributed by atoms with van der Waals surface area (Å²) in [5.74, 6) is 1.55. The van der Waals surface area contributed by atoms with Gasteiger partial charge in [-0.15, -0.1) is 0 Å². The summed E-state index contributed by atoms with van der Waals surface area (Å²) in [7, 11) is 0. The lowest BCUT2D eigenvalue weighted by molar-refractivity contribution is 0.188. The number of hydrogen-bond donors (Lipinski definition) is 2. The highest BCUT2D eigenvalue weighted by Gasteiger charge is 2.48. The maximum absolute atomic E-state index is 10.2. The third kappa shape index (κ3) is 0.856. The van der Waals surface area contributed by atoms with E-state index >= 15 is 0 Å². The Kier molecular flexibility index (Phi) is 1.13. The third-order valence-corrected chi connectivity index (χ3v) is 2.65. The van der Waals surface area contributed by atoms with Gasteiger partial charge in [-0.1, -0.05) is 0 Å². The van der Waals surface area contributed by atoms with Gasteiger partial charge in [0.25, 0.3) is 0 Å². The van der Waals surface area contributed by atoms with Crippen LogP contribution in [0.4, 0.5) is 4.79 Å². The van der Waals surface area contributed by atoms with Crippen molar-refractivity contribution in [1.82, 2.24) is 5.32 Å². The topological polar surface area (TPSA) is 49.3 Å². The van der Waals surface area contributed by atoms with Crippen LogP contribution in [0.3, 0.4) is 0 Å². The van der Waals surface area contributed by atoms with Crippen molar-refractivity contribution >= 4 is 6.09 Å². The van der Waals surface area contributed by atoms with Gasteiger partial charge in [0.2, 0.25) is 0 Å². The molecule has 3 atom stereocenters. The van der Waals surface area contributed by atoms with E-state index in [0.29, 0.717) is 5.92 Å². The molecule has 56 valence electrons. The number of nitrogens with one attached hydrogen (secondary N) is 1. The van der Waals surface area contributed by atoms with Crippen LogP contribution < -0.4 is 5.32 Å². The highest BCUT2D eigenvalue weighted by atomic mass is 16.4. The molecule has 2 aliphatic carbocycles. The second kappa shape index (κ2) is 1.87. The van der Waals surface area contributed by atoms with Crippen LogP contribution in [0.1, 0.15) is 19.3 Å². The minimum atomic E-state index is -0.863. The zero-order chi connectivity index (χ0) is 7.14. The van der Waals surface area contributed by atoms with Crippen LogP contribution in [0, 0.1) is 11.8 Å².